The highest BCUT2D eigenvalue weighted by molar-refractivity contribution is 6.63. The Hall–Kier alpha value is -0.595. The summed E-state index contributed by atoms with van der Waals surface area (Å²) in [6.07, 6.45) is 0. The molecule has 0 radical (unpaired) electrons. The minimum absolute atomic E-state index is 0.699. The second-order valence-corrected chi connectivity index (χ2v) is 0.991. The molecule has 24 valence electrons. The lowest BCUT2D eigenvalue weighted by Crippen LogP contribution is -1.51. The lowest BCUT2D eigenvalue weighted by molar-refractivity contribution is 1.54. The number of hydrogen-bond donors (Lipinski definition) is 0. The van der Waals surface area contributed by atoms with Crippen molar-refractivity contribution >= 4 is 7.28 Å². The zero-order valence-corrected chi connectivity index (χ0v) is 2.64. The molecule has 1 aliphatic rings. The Morgan fingerprint density at radius 2 is 2.60 bits per heavy atom. The molecular formula is C2H2BNO. The van der Waals surface area contributed by atoms with Gasteiger partial charge in [-0.2, -0.15) is 0 Å². The molecule has 0 aromatic heterocycles. The van der Waals surface area contributed by atoms with Gasteiger partial charge in [-0.25, -0.2) is 0 Å². The number of rotatable bonds is 1. The van der Waals surface area contributed by atoms with E-state index >= 15 is 0 Å². The molecule has 0 saturated heterocycles. The summed E-state index contributed by atoms with van der Waals surface area (Å²) in [5, 5.41) is 2.61. The van der Waals surface area contributed by atoms with Crippen LogP contribution in [-0.2, 0) is 0 Å². The summed E-state index contributed by atoms with van der Waals surface area (Å²) in [6.45, 7) is 0. The first-order valence-corrected chi connectivity index (χ1v) is 1.46. The lowest BCUT2D eigenvalue weighted by Gasteiger charge is -1.49. The van der Waals surface area contributed by atoms with E-state index in [1.807, 2.05) is 0 Å². The number of hydrogen-bond acceptors (Lipinski definition) is 2. The van der Waals surface area contributed by atoms with E-state index in [4.69, 9.17) is 0 Å². The molecule has 0 saturated carbocycles. The smallest absolute Gasteiger partial charge is 0.146 e. The zero-order valence-electron chi connectivity index (χ0n) is 2.64. The summed E-state index contributed by atoms with van der Waals surface area (Å²) in [4.78, 5) is 9.25. The fourth-order valence-corrected chi connectivity index (χ4v) is 0.120. The molecule has 1 rings (SSSR count). The van der Waals surface area contributed by atoms with Crippen LogP contribution in [0.15, 0.2) is 16.7 Å². The van der Waals surface area contributed by atoms with Crippen molar-refractivity contribution in [3.8, 4) is 0 Å². The fourth-order valence-electron chi connectivity index (χ4n) is 0.120. The SMILES string of the molecule is O=NC1=CB1. The maximum atomic E-state index is 9.25. The highest BCUT2D eigenvalue weighted by Gasteiger charge is 2.07. The predicted octanol–water partition coefficient (Wildman–Crippen LogP) is 0.00180. The molecule has 0 aromatic rings. The summed E-state index contributed by atoms with van der Waals surface area (Å²) in [6, 6.07) is 0. The molecule has 0 aliphatic carbocycles. The first-order valence-electron chi connectivity index (χ1n) is 1.46. The summed E-state index contributed by atoms with van der Waals surface area (Å²) in [5.41, 5.74) is 0.699. The van der Waals surface area contributed by atoms with Crippen molar-refractivity contribution in [1.82, 2.24) is 0 Å². The molecule has 2 nitrogen and oxygen atoms in total. The second-order valence-electron chi connectivity index (χ2n) is 0.991. The largest absolute Gasteiger partial charge is 0.211 e. The molecule has 0 spiro atoms. The van der Waals surface area contributed by atoms with Crippen LogP contribution >= 0.6 is 0 Å². The van der Waals surface area contributed by atoms with Crippen LogP contribution in [0.4, 0.5) is 0 Å². The van der Waals surface area contributed by atoms with E-state index < -0.39 is 0 Å². The van der Waals surface area contributed by atoms with Crippen molar-refractivity contribution in [2.45, 2.75) is 0 Å². The minimum atomic E-state index is 0.699. The number of nitroso groups, excluding NO2 is 1. The van der Waals surface area contributed by atoms with Crippen molar-refractivity contribution in [1.29, 1.82) is 0 Å². The molecule has 0 bridgehead atoms. The molecule has 5 heavy (non-hydrogen) atoms. The van der Waals surface area contributed by atoms with Crippen LogP contribution in [0.25, 0.3) is 0 Å². The molecule has 0 atom stereocenters. The van der Waals surface area contributed by atoms with Crippen LogP contribution < -0.4 is 0 Å². The van der Waals surface area contributed by atoms with E-state index in [1.165, 1.54) is 0 Å². The Kier molecular flexibility index (Phi) is 0.355. The second kappa shape index (κ2) is 0.674. The van der Waals surface area contributed by atoms with Gasteiger partial charge < -0.3 is 0 Å². The Labute approximate surface area is 30.1 Å². The van der Waals surface area contributed by atoms with Gasteiger partial charge in [0.1, 0.15) is 0 Å². The quantitative estimate of drug-likeness (QED) is 0.313. The number of nitrogens with zero attached hydrogens (tertiary/aromatic N) is 1. The van der Waals surface area contributed by atoms with Crippen molar-refractivity contribution in [2.24, 2.45) is 5.18 Å². The van der Waals surface area contributed by atoms with E-state index in [0.717, 1.165) is 7.28 Å². The van der Waals surface area contributed by atoms with Gasteiger partial charge in [-0.15, -0.1) is 4.91 Å². The Bertz CT molecular complexity index is 84.9. The van der Waals surface area contributed by atoms with Crippen molar-refractivity contribution < 1.29 is 0 Å². The monoisotopic (exact) mass is 67.0 g/mol. The minimum Gasteiger partial charge on any atom is -0.146 e. The third kappa shape index (κ3) is 0.346. The summed E-state index contributed by atoms with van der Waals surface area (Å²) >= 11 is 0. The molecule has 0 aromatic carbocycles. The fraction of sp³-hybridized carbons (Fsp3) is 0. The highest BCUT2D eigenvalue weighted by atomic mass is 16.3. The van der Waals surface area contributed by atoms with E-state index in [0.29, 0.717) is 5.60 Å². The first kappa shape index (κ1) is 2.63. The van der Waals surface area contributed by atoms with Crippen LogP contribution in [0.2, 0.25) is 0 Å². The third-order valence-electron chi connectivity index (χ3n) is 0.504. The maximum Gasteiger partial charge on any atom is 0.211 e. The molecule has 3 heteroatoms. The van der Waals surface area contributed by atoms with Crippen LogP contribution in [0.1, 0.15) is 0 Å². The average molecular weight is 66.9 g/mol. The zero-order chi connectivity index (χ0) is 3.70. The van der Waals surface area contributed by atoms with Gasteiger partial charge in [0.05, 0.1) is 0 Å². The van der Waals surface area contributed by atoms with Crippen LogP contribution in [-0.4, -0.2) is 7.28 Å². The summed E-state index contributed by atoms with van der Waals surface area (Å²) < 4.78 is 0. The normalized spacial score (nSPS) is 15.6. The van der Waals surface area contributed by atoms with Crippen molar-refractivity contribution in [3.05, 3.63) is 16.5 Å². The van der Waals surface area contributed by atoms with Gasteiger partial charge in [-0.05, 0) is 5.18 Å². The van der Waals surface area contributed by atoms with E-state index in [2.05, 4.69) is 5.18 Å². The van der Waals surface area contributed by atoms with Crippen molar-refractivity contribution in [3.63, 3.8) is 0 Å². The molecular weight excluding hydrogens is 64.8 g/mol. The summed E-state index contributed by atoms with van der Waals surface area (Å²) in [5.74, 6) is 1.78. The molecule has 0 fully saturated rings. The molecule has 0 amide bonds. The van der Waals surface area contributed by atoms with Crippen LogP contribution in [0, 0.1) is 4.91 Å². The van der Waals surface area contributed by atoms with Gasteiger partial charge in [0.2, 0.25) is 7.28 Å². The van der Waals surface area contributed by atoms with Gasteiger partial charge in [0, 0.05) is 5.60 Å². The standard InChI is InChI=1S/C2H2BNO/c5-4-2-1-3-2/h1,3H. The van der Waals surface area contributed by atoms with Gasteiger partial charge in [-0.3, -0.25) is 0 Å². The van der Waals surface area contributed by atoms with Gasteiger partial charge in [-0.1, -0.05) is 5.98 Å². The van der Waals surface area contributed by atoms with Gasteiger partial charge >= 0.3 is 0 Å². The van der Waals surface area contributed by atoms with Crippen LogP contribution in [0.3, 0.4) is 0 Å². The first-order chi connectivity index (χ1) is 2.43. The Balaban J connectivity index is 2.49. The Morgan fingerprint density at radius 3 is 2.60 bits per heavy atom. The molecule has 0 unspecified atom stereocenters. The van der Waals surface area contributed by atoms with Gasteiger partial charge in [0.15, 0.2) is 0 Å². The summed E-state index contributed by atoms with van der Waals surface area (Å²) in [7, 11) is 0.823. The highest BCUT2D eigenvalue weighted by Crippen LogP contribution is 2.04. The third-order valence-corrected chi connectivity index (χ3v) is 0.504. The maximum absolute atomic E-state index is 9.25. The van der Waals surface area contributed by atoms with Gasteiger partial charge in [0.25, 0.3) is 0 Å². The van der Waals surface area contributed by atoms with E-state index in [-0.39, 0.29) is 0 Å². The molecule has 1 aliphatic heterocycles. The Morgan fingerprint density at radius 1 is 2.00 bits per heavy atom. The molecule has 0 N–H and O–H groups in total. The molecule has 1 heterocycles. The lowest BCUT2D eigenvalue weighted by atomic mass is 10.0. The van der Waals surface area contributed by atoms with E-state index in [9.17, 15) is 4.91 Å². The predicted molar refractivity (Wildman–Crippen MR) is 21.0 cm³/mol. The van der Waals surface area contributed by atoms with Crippen LogP contribution in [0.5, 0.6) is 0 Å². The van der Waals surface area contributed by atoms with Crippen molar-refractivity contribution in [2.75, 3.05) is 0 Å². The van der Waals surface area contributed by atoms with E-state index in [1.54, 1.807) is 5.98 Å². The topological polar surface area (TPSA) is 29.4 Å². The average Bonchev–Trinajstić information content (AvgIpc) is 2.12.